The molecule has 1 amide bonds. The van der Waals surface area contributed by atoms with Crippen LogP contribution >= 0.6 is 0 Å². The van der Waals surface area contributed by atoms with E-state index in [0.29, 0.717) is 17.8 Å². The lowest BCUT2D eigenvalue weighted by atomic mass is 10.2. The first-order valence-electron chi connectivity index (χ1n) is 6.66. The van der Waals surface area contributed by atoms with E-state index in [0.717, 1.165) is 0 Å². The maximum atomic E-state index is 12.5. The van der Waals surface area contributed by atoms with Crippen molar-refractivity contribution in [2.24, 2.45) is 0 Å². The Kier molecular flexibility index (Phi) is 3.82. The van der Waals surface area contributed by atoms with Gasteiger partial charge in [-0.3, -0.25) is 4.79 Å². The van der Waals surface area contributed by atoms with Crippen LogP contribution in [0.2, 0.25) is 0 Å². The van der Waals surface area contributed by atoms with E-state index in [4.69, 9.17) is 5.73 Å². The van der Waals surface area contributed by atoms with Crippen LogP contribution in [0, 0.1) is 0 Å². The highest BCUT2D eigenvalue weighted by molar-refractivity contribution is 7.91. The number of nitrogen functional groups attached to an aromatic ring is 1. The van der Waals surface area contributed by atoms with Gasteiger partial charge in [0.25, 0.3) is 5.91 Å². The highest BCUT2D eigenvalue weighted by atomic mass is 32.2. The molecule has 0 aromatic carbocycles. The van der Waals surface area contributed by atoms with Crippen LogP contribution in [0.3, 0.4) is 0 Å². The zero-order chi connectivity index (χ0) is 15.1. The van der Waals surface area contributed by atoms with Crippen LogP contribution in [0.25, 0.3) is 0 Å². The fourth-order valence-electron chi connectivity index (χ4n) is 2.53. The van der Waals surface area contributed by atoms with E-state index in [2.05, 4.69) is 0 Å². The topological polar surface area (TPSA) is 85.4 Å². The molecule has 2 heterocycles. The van der Waals surface area contributed by atoms with Crippen molar-refractivity contribution >= 4 is 21.4 Å². The zero-order valence-corrected chi connectivity index (χ0v) is 12.9. The number of hydrogen-bond donors (Lipinski definition) is 1. The molecule has 0 radical (unpaired) electrons. The molecule has 1 aromatic heterocycles. The summed E-state index contributed by atoms with van der Waals surface area (Å²) in [7, 11) is -1.35. The number of carbonyl (C=O) groups is 1. The molecule has 112 valence electrons. The Labute approximate surface area is 119 Å². The van der Waals surface area contributed by atoms with Crippen molar-refractivity contribution in [1.29, 1.82) is 0 Å². The van der Waals surface area contributed by atoms with Gasteiger partial charge in [-0.05, 0) is 26.3 Å². The van der Waals surface area contributed by atoms with E-state index >= 15 is 0 Å². The number of anilines is 1. The van der Waals surface area contributed by atoms with Gasteiger partial charge in [0.1, 0.15) is 5.69 Å². The summed E-state index contributed by atoms with van der Waals surface area (Å²) in [6.45, 7) is 3.94. The van der Waals surface area contributed by atoms with Gasteiger partial charge in [-0.2, -0.15) is 0 Å². The summed E-state index contributed by atoms with van der Waals surface area (Å²) in [6.07, 6.45) is 2.24. The van der Waals surface area contributed by atoms with Gasteiger partial charge in [0.2, 0.25) is 0 Å². The van der Waals surface area contributed by atoms with Crippen molar-refractivity contribution in [3.8, 4) is 0 Å². The van der Waals surface area contributed by atoms with E-state index < -0.39 is 9.84 Å². The van der Waals surface area contributed by atoms with Crippen molar-refractivity contribution < 1.29 is 13.2 Å². The molecule has 2 rings (SSSR count). The molecule has 0 bridgehead atoms. The first kappa shape index (κ1) is 14.9. The average Bonchev–Trinajstić information content (AvgIpc) is 2.90. The molecule has 0 spiro atoms. The van der Waals surface area contributed by atoms with Gasteiger partial charge in [0.15, 0.2) is 9.84 Å². The average molecular weight is 299 g/mol. The van der Waals surface area contributed by atoms with Crippen molar-refractivity contribution in [3.05, 3.63) is 18.0 Å². The summed E-state index contributed by atoms with van der Waals surface area (Å²) >= 11 is 0. The summed E-state index contributed by atoms with van der Waals surface area (Å²) in [5, 5.41) is 0. The first-order valence-corrected chi connectivity index (χ1v) is 8.48. The smallest absolute Gasteiger partial charge is 0.270 e. The molecule has 1 aliphatic heterocycles. The molecular weight excluding hydrogens is 278 g/mol. The summed E-state index contributed by atoms with van der Waals surface area (Å²) < 4.78 is 24.9. The number of sulfone groups is 1. The quantitative estimate of drug-likeness (QED) is 0.899. The molecule has 1 saturated heterocycles. The SMILES string of the molecule is CC(C)n1cc(N)cc1C(=O)N(C)C1CCS(=O)(=O)C1. The van der Waals surface area contributed by atoms with E-state index in [9.17, 15) is 13.2 Å². The Morgan fingerprint density at radius 2 is 2.15 bits per heavy atom. The fraction of sp³-hybridized carbons (Fsp3) is 0.615. The van der Waals surface area contributed by atoms with Crippen LogP contribution in [0.5, 0.6) is 0 Å². The minimum absolute atomic E-state index is 0.0487. The first-order chi connectivity index (χ1) is 9.21. The van der Waals surface area contributed by atoms with Crippen molar-refractivity contribution in [2.45, 2.75) is 32.4 Å². The second-order valence-corrected chi connectivity index (χ2v) is 7.86. The molecule has 1 aromatic rings. The van der Waals surface area contributed by atoms with Gasteiger partial charge in [-0.15, -0.1) is 0 Å². The molecule has 1 atom stereocenters. The van der Waals surface area contributed by atoms with Crippen LogP contribution in [0.15, 0.2) is 12.3 Å². The molecule has 0 saturated carbocycles. The van der Waals surface area contributed by atoms with Gasteiger partial charge in [0.05, 0.1) is 17.2 Å². The molecule has 1 aliphatic rings. The number of nitrogens with zero attached hydrogens (tertiary/aromatic N) is 2. The Morgan fingerprint density at radius 3 is 2.65 bits per heavy atom. The summed E-state index contributed by atoms with van der Waals surface area (Å²) in [5.74, 6) is 0.0212. The monoisotopic (exact) mass is 299 g/mol. The third-order valence-electron chi connectivity index (χ3n) is 3.72. The third-order valence-corrected chi connectivity index (χ3v) is 5.47. The van der Waals surface area contributed by atoms with E-state index in [-0.39, 0.29) is 29.5 Å². The molecule has 0 aliphatic carbocycles. The molecule has 20 heavy (non-hydrogen) atoms. The van der Waals surface area contributed by atoms with Gasteiger partial charge in [-0.1, -0.05) is 0 Å². The minimum atomic E-state index is -3.00. The Hall–Kier alpha value is -1.50. The molecule has 7 heteroatoms. The predicted octanol–water partition coefficient (Wildman–Crippen LogP) is 0.910. The lowest BCUT2D eigenvalue weighted by Crippen LogP contribution is -2.38. The van der Waals surface area contributed by atoms with Crippen molar-refractivity contribution in [1.82, 2.24) is 9.47 Å². The lowest BCUT2D eigenvalue weighted by Gasteiger charge is -2.24. The normalized spacial score (nSPS) is 21.3. The number of nitrogens with two attached hydrogens (primary N) is 1. The largest absolute Gasteiger partial charge is 0.397 e. The second kappa shape index (κ2) is 5.12. The standard InChI is InChI=1S/C13H21N3O3S/c1-9(2)16-7-10(14)6-12(16)13(17)15(3)11-4-5-20(18,19)8-11/h6-7,9,11H,4-5,8,14H2,1-3H3. The number of hydrogen-bond acceptors (Lipinski definition) is 4. The highest BCUT2D eigenvalue weighted by Gasteiger charge is 2.33. The minimum Gasteiger partial charge on any atom is -0.397 e. The van der Waals surface area contributed by atoms with Gasteiger partial charge < -0.3 is 15.2 Å². The number of amides is 1. The van der Waals surface area contributed by atoms with E-state index in [1.54, 1.807) is 19.3 Å². The van der Waals surface area contributed by atoms with Crippen LogP contribution < -0.4 is 5.73 Å². The molecule has 1 fully saturated rings. The van der Waals surface area contributed by atoms with Crippen LogP contribution in [-0.4, -0.2) is 48.4 Å². The maximum Gasteiger partial charge on any atom is 0.270 e. The predicted molar refractivity (Wildman–Crippen MR) is 78.4 cm³/mol. The van der Waals surface area contributed by atoms with E-state index in [1.807, 2.05) is 18.4 Å². The Morgan fingerprint density at radius 1 is 1.50 bits per heavy atom. The molecular formula is C13H21N3O3S. The van der Waals surface area contributed by atoms with Crippen LogP contribution in [-0.2, 0) is 9.84 Å². The number of rotatable bonds is 3. The summed E-state index contributed by atoms with van der Waals surface area (Å²) in [5.41, 5.74) is 6.80. The zero-order valence-electron chi connectivity index (χ0n) is 12.0. The van der Waals surface area contributed by atoms with Gasteiger partial charge in [0, 0.05) is 25.3 Å². The van der Waals surface area contributed by atoms with Crippen LogP contribution in [0.1, 0.15) is 36.8 Å². The van der Waals surface area contributed by atoms with Crippen molar-refractivity contribution in [2.75, 3.05) is 24.3 Å². The number of carbonyl (C=O) groups excluding carboxylic acids is 1. The Balaban J connectivity index is 2.23. The second-order valence-electron chi connectivity index (χ2n) is 5.63. The van der Waals surface area contributed by atoms with Crippen molar-refractivity contribution in [3.63, 3.8) is 0 Å². The molecule has 1 unspecified atom stereocenters. The van der Waals surface area contributed by atoms with Gasteiger partial charge in [-0.25, -0.2) is 8.42 Å². The number of aromatic nitrogens is 1. The fourth-order valence-corrected chi connectivity index (χ4v) is 4.30. The van der Waals surface area contributed by atoms with Gasteiger partial charge >= 0.3 is 0 Å². The molecule has 2 N–H and O–H groups in total. The maximum absolute atomic E-state index is 12.5. The van der Waals surface area contributed by atoms with E-state index in [1.165, 1.54) is 4.90 Å². The Bertz CT molecular complexity index is 619. The highest BCUT2D eigenvalue weighted by Crippen LogP contribution is 2.22. The molecule has 6 nitrogen and oxygen atoms in total. The van der Waals surface area contributed by atoms with Crippen LogP contribution in [0.4, 0.5) is 5.69 Å². The summed E-state index contributed by atoms with van der Waals surface area (Å²) in [6, 6.07) is 1.51. The summed E-state index contributed by atoms with van der Waals surface area (Å²) in [4.78, 5) is 14.1. The third kappa shape index (κ3) is 2.82. The lowest BCUT2D eigenvalue weighted by molar-refractivity contribution is 0.0735.